The fourth-order valence-corrected chi connectivity index (χ4v) is 2.92. The first-order valence-corrected chi connectivity index (χ1v) is 6.95. The van der Waals surface area contributed by atoms with E-state index in [1.165, 1.54) is 11.3 Å². The highest BCUT2D eigenvalue weighted by Crippen LogP contribution is 2.26. The summed E-state index contributed by atoms with van der Waals surface area (Å²) in [6.45, 7) is 1.57. The van der Waals surface area contributed by atoms with Crippen LogP contribution in [0.5, 0.6) is 0 Å². The highest BCUT2D eigenvalue weighted by Gasteiger charge is 2.26. The van der Waals surface area contributed by atoms with Gasteiger partial charge in [0.05, 0.1) is 5.51 Å². The van der Waals surface area contributed by atoms with Gasteiger partial charge in [-0.05, 0) is 18.9 Å². The van der Waals surface area contributed by atoms with E-state index in [9.17, 15) is 4.79 Å². The highest BCUT2D eigenvalue weighted by atomic mass is 32.1. The molecule has 1 aliphatic rings. The van der Waals surface area contributed by atoms with Crippen molar-refractivity contribution in [3.05, 3.63) is 34.5 Å². The van der Waals surface area contributed by atoms with Gasteiger partial charge in [-0.15, -0.1) is 11.3 Å². The molecule has 0 saturated carbocycles. The van der Waals surface area contributed by atoms with Gasteiger partial charge in [0.25, 0.3) is 5.91 Å². The second kappa shape index (κ2) is 4.89. The maximum Gasteiger partial charge on any atom is 0.273 e. The number of hydrogen-bond donors (Lipinski definition) is 1. The van der Waals surface area contributed by atoms with Gasteiger partial charge in [0.15, 0.2) is 0 Å². The summed E-state index contributed by atoms with van der Waals surface area (Å²) in [7, 11) is 0. The van der Waals surface area contributed by atoms with Crippen molar-refractivity contribution in [2.45, 2.75) is 18.8 Å². The van der Waals surface area contributed by atoms with Crippen LogP contribution in [0.1, 0.15) is 34.9 Å². The summed E-state index contributed by atoms with van der Waals surface area (Å²) in [5.41, 5.74) is 3.37. The van der Waals surface area contributed by atoms with Gasteiger partial charge in [0.1, 0.15) is 5.69 Å². The maximum absolute atomic E-state index is 12.2. The molecule has 3 rings (SSSR count). The van der Waals surface area contributed by atoms with Crippen LogP contribution in [0.25, 0.3) is 0 Å². The van der Waals surface area contributed by atoms with Gasteiger partial charge < -0.3 is 4.90 Å². The van der Waals surface area contributed by atoms with Crippen LogP contribution in [0.15, 0.2) is 23.2 Å². The first-order valence-electron chi connectivity index (χ1n) is 6.01. The van der Waals surface area contributed by atoms with Crippen molar-refractivity contribution >= 4 is 17.2 Å². The van der Waals surface area contributed by atoms with E-state index in [1.54, 1.807) is 11.7 Å². The molecule has 0 spiro atoms. The van der Waals surface area contributed by atoms with E-state index in [-0.39, 0.29) is 5.91 Å². The van der Waals surface area contributed by atoms with Gasteiger partial charge in [-0.1, -0.05) is 0 Å². The van der Waals surface area contributed by atoms with E-state index in [0.717, 1.165) is 31.6 Å². The van der Waals surface area contributed by atoms with Gasteiger partial charge in [-0.25, -0.2) is 4.98 Å². The van der Waals surface area contributed by atoms with Crippen LogP contribution in [0.2, 0.25) is 0 Å². The second-order valence-corrected chi connectivity index (χ2v) is 5.19. The Labute approximate surface area is 109 Å². The molecule has 0 aliphatic carbocycles. The van der Waals surface area contributed by atoms with Gasteiger partial charge in [-0.3, -0.25) is 9.89 Å². The molecule has 0 aromatic carbocycles. The molecule has 2 aromatic heterocycles. The SMILES string of the molecule is O=C(c1cscn1)N1CCCC(c2ccn[nH]2)C1. The molecule has 3 heterocycles. The van der Waals surface area contributed by atoms with E-state index in [0.29, 0.717) is 11.6 Å². The van der Waals surface area contributed by atoms with E-state index in [1.807, 2.05) is 16.3 Å². The summed E-state index contributed by atoms with van der Waals surface area (Å²) in [5.74, 6) is 0.407. The number of thiazole rings is 1. The van der Waals surface area contributed by atoms with Crippen LogP contribution in [0, 0.1) is 0 Å². The van der Waals surface area contributed by atoms with Crippen molar-refractivity contribution in [2.75, 3.05) is 13.1 Å². The fraction of sp³-hybridized carbons (Fsp3) is 0.417. The fourth-order valence-electron chi connectivity index (χ4n) is 2.39. The van der Waals surface area contributed by atoms with Crippen LogP contribution in [0.3, 0.4) is 0 Å². The van der Waals surface area contributed by atoms with E-state index in [4.69, 9.17) is 0 Å². The Balaban J connectivity index is 1.73. The Morgan fingerprint density at radius 2 is 2.50 bits per heavy atom. The molecule has 0 bridgehead atoms. The summed E-state index contributed by atoms with van der Waals surface area (Å²) in [6.07, 6.45) is 3.89. The summed E-state index contributed by atoms with van der Waals surface area (Å²) >= 11 is 1.46. The van der Waals surface area contributed by atoms with Crippen molar-refractivity contribution in [1.29, 1.82) is 0 Å². The van der Waals surface area contributed by atoms with E-state index < -0.39 is 0 Å². The number of hydrogen-bond acceptors (Lipinski definition) is 4. The maximum atomic E-state index is 12.2. The van der Waals surface area contributed by atoms with Crippen LogP contribution >= 0.6 is 11.3 Å². The Morgan fingerprint density at radius 1 is 1.56 bits per heavy atom. The molecule has 2 aromatic rings. The quantitative estimate of drug-likeness (QED) is 0.899. The summed E-state index contributed by atoms with van der Waals surface area (Å²) in [5, 5.41) is 8.79. The second-order valence-electron chi connectivity index (χ2n) is 4.48. The minimum atomic E-state index is 0.0421. The lowest BCUT2D eigenvalue weighted by Crippen LogP contribution is -2.39. The smallest absolute Gasteiger partial charge is 0.273 e. The lowest BCUT2D eigenvalue weighted by atomic mass is 9.95. The van der Waals surface area contributed by atoms with Crippen LogP contribution < -0.4 is 0 Å². The number of carbonyl (C=O) groups excluding carboxylic acids is 1. The highest BCUT2D eigenvalue weighted by molar-refractivity contribution is 7.07. The number of H-pyrrole nitrogens is 1. The lowest BCUT2D eigenvalue weighted by Gasteiger charge is -2.31. The number of carbonyl (C=O) groups is 1. The topological polar surface area (TPSA) is 61.9 Å². The molecule has 1 unspecified atom stereocenters. The molecule has 1 aliphatic heterocycles. The molecule has 6 heteroatoms. The predicted octanol–water partition coefficient (Wildman–Crippen LogP) is 1.89. The third kappa shape index (κ3) is 2.15. The number of aromatic nitrogens is 3. The monoisotopic (exact) mass is 262 g/mol. The molecular weight excluding hydrogens is 248 g/mol. The summed E-state index contributed by atoms with van der Waals surface area (Å²) in [6, 6.07) is 1.99. The van der Waals surface area contributed by atoms with E-state index >= 15 is 0 Å². The Kier molecular flexibility index (Phi) is 3.10. The number of aromatic amines is 1. The minimum absolute atomic E-state index is 0.0421. The number of nitrogens with one attached hydrogen (secondary N) is 1. The van der Waals surface area contributed by atoms with Crippen LogP contribution in [-0.2, 0) is 0 Å². The molecular formula is C12H14N4OS. The van der Waals surface area contributed by atoms with E-state index in [2.05, 4.69) is 15.2 Å². The lowest BCUT2D eigenvalue weighted by molar-refractivity contribution is 0.0700. The average molecular weight is 262 g/mol. The number of amides is 1. The normalized spacial score (nSPS) is 20.0. The molecule has 1 saturated heterocycles. The first kappa shape index (κ1) is 11.4. The minimum Gasteiger partial charge on any atom is -0.337 e. The van der Waals surface area contributed by atoms with Crippen LogP contribution in [0.4, 0.5) is 0 Å². The van der Waals surface area contributed by atoms with Crippen molar-refractivity contribution in [2.24, 2.45) is 0 Å². The third-order valence-corrected chi connectivity index (χ3v) is 3.91. The Hall–Kier alpha value is -1.69. The summed E-state index contributed by atoms with van der Waals surface area (Å²) < 4.78 is 0. The van der Waals surface area contributed by atoms with Gasteiger partial charge in [0.2, 0.25) is 0 Å². The molecule has 1 atom stereocenters. The molecule has 1 N–H and O–H groups in total. The third-order valence-electron chi connectivity index (χ3n) is 3.32. The molecule has 94 valence electrons. The zero-order valence-corrected chi connectivity index (χ0v) is 10.7. The largest absolute Gasteiger partial charge is 0.337 e. The average Bonchev–Trinajstić information content (AvgIpc) is 3.11. The van der Waals surface area contributed by atoms with Crippen molar-refractivity contribution in [1.82, 2.24) is 20.1 Å². The van der Waals surface area contributed by atoms with Crippen molar-refractivity contribution < 1.29 is 4.79 Å². The first-order chi connectivity index (χ1) is 8.84. The standard InChI is InChI=1S/C12H14N4OS/c17-12(11-7-18-8-13-11)16-5-1-2-9(6-16)10-3-4-14-15-10/h3-4,7-9H,1-2,5-6H2,(H,14,15). The molecule has 5 nitrogen and oxygen atoms in total. The number of nitrogens with zero attached hydrogens (tertiary/aromatic N) is 3. The van der Waals surface area contributed by atoms with Gasteiger partial charge in [0, 0.05) is 36.3 Å². The predicted molar refractivity (Wildman–Crippen MR) is 68.6 cm³/mol. The zero-order valence-electron chi connectivity index (χ0n) is 9.87. The number of piperidine rings is 1. The Bertz CT molecular complexity index is 508. The van der Waals surface area contributed by atoms with Crippen LogP contribution in [-0.4, -0.2) is 39.1 Å². The number of rotatable bonds is 2. The number of likely N-dealkylation sites (tertiary alicyclic amines) is 1. The molecule has 0 radical (unpaired) electrons. The van der Waals surface area contributed by atoms with Crippen molar-refractivity contribution in [3.63, 3.8) is 0 Å². The molecule has 18 heavy (non-hydrogen) atoms. The van der Waals surface area contributed by atoms with Gasteiger partial charge >= 0.3 is 0 Å². The molecule has 1 amide bonds. The zero-order chi connectivity index (χ0) is 12.4. The van der Waals surface area contributed by atoms with Crippen molar-refractivity contribution in [3.8, 4) is 0 Å². The Morgan fingerprint density at radius 3 is 3.22 bits per heavy atom. The molecule has 1 fully saturated rings. The summed E-state index contributed by atoms with van der Waals surface area (Å²) in [4.78, 5) is 18.2. The van der Waals surface area contributed by atoms with Gasteiger partial charge in [-0.2, -0.15) is 5.10 Å².